The highest BCUT2D eigenvalue weighted by molar-refractivity contribution is 5.86. The van der Waals surface area contributed by atoms with Crippen LogP contribution in [0.3, 0.4) is 0 Å². The molecule has 10 heteroatoms. The van der Waals surface area contributed by atoms with E-state index in [1.54, 1.807) is 37.7 Å². The molecule has 0 bridgehead atoms. The van der Waals surface area contributed by atoms with Crippen molar-refractivity contribution in [2.24, 2.45) is 0 Å². The normalized spacial score (nSPS) is 10.9. The van der Waals surface area contributed by atoms with Crippen LogP contribution in [0.4, 0.5) is 0 Å². The van der Waals surface area contributed by atoms with E-state index in [9.17, 15) is 10.2 Å². The topological polar surface area (TPSA) is 142 Å². The van der Waals surface area contributed by atoms with Gasteiger partial charge in [0.2, 0.25) is 11.8 Å². The number of aromatic amines is 2. The number of hydrogen-bond acceptors (Lipinski definition) is 8. The molecule has 0 radical (unpaired) electrons. The van der Waals surface area contributed by atoms with Crippen LogP contribution < -0.4 is 9.47 Å². The predicted octanol–water partition coefficient (Wildman–Crippen LogP) is 8.40. The van der Waals surface area contributed by atoms with Gasteiger partial charge in [0.15, 0.2) is 0 Å². The van der Waals surface area contributed by atoms with Crippen LogP contribution in [0.2, 0.25) is 0 Å². The quantitative estimate of drug-likeness (QED) is 0.135. The van der Waals surface area contributed by atoms with Crippen LogP contribution in [0.5, 0.6) is 23.3 Å². The Morgan fingerprint density at radius 3 is 1.61 bits per heavy atom. The number of nitrogens with zero attached hydrogens (tertiary/aromatic N) is 4. The monoisotopic (exact) mass is 648 g/mol. The second kappa shape index (κ2) is 13.6. The Labute approximate surface area is 281 Å². The van der Waals surface area contributed by atoms with Gasteiger partial charge in [0, 0.05) is 57.8 Å². The molecule has 0 saturated carbocycles. The Hall–Kier alpha value is -6.68. The zero-order valence-corrected chi connectivity index (χ0v) is 26.8. The number of fused-ring (bicyclic) bond motifs is 2. The first-order valence-corrected chi connectivity index (χ1v) is 15.6. The molecule has 2 aromatic carbocycles. The predicted molar refractivity (Wildman–Crippen MR) is 191 cm³/mol. The van der Waals surface area contributed by atoms with Crippen molar-refractivity contribution in [3.63, 3.8) is 0 Å². The maximum Gasteiger partial charge on any atom is 0.212 e. The first-order valence-electron chi connectivity index (χ1n) is 15.6. The third-order valence-electron chi connectivity index (χ3n) is 7.90. The van der Waals surface area contributed by atoms with Crippen molar-refractivity contribution in [2.45, 2.75) is 6.92 Å². The van der Waals surface area contributed by atoms with Crippen LogP contribution in [-0.4, -0.2) is 53.8 Å². The summed E-state index contributed by atoms with van der Waals surface area (Å²) in [6.07, 6.45) is 3.36. The molecule has 242 valence electrons. The van der Waals surface area contributed by atoms with Gasteiger partial charge in [-0.2, -0.15) is 0 Å². The van der Waals surface area contributed by atoms with Crippen LogP contribution in [-0.2, 0) is 0 Å². The Morgan fingerprint density at radius 1 is 0.592 bits per heavy atom. The van der Waals surface area contributed by atoms with Gasteiger partial charge >= 0.3 is 0 Å². The van der Waals surface area contributed by atoms with Crippen molar-refractivity contribution >= 4 is 22.1 Å². The first kappa shape index (κ1) is 30.9. The third-order valence-corrected chi connectivity index (χ3v) is 7.90. The molecular weight excluding hydrogens is 616 g/mol. The number of rotatable bonds is 7. The molecule has 49 heavy (non-hydrogen) atoms. The number of benzene rings is 2. The number of H-pyrrole nitrogens is 2. The zero-order chi connectivity index (χ0) is 33.7. The zero-order valence-electron chi connectivity index (χ0n) is 26.8. The average Bonchev–Trinajstić information content (AvgIpc) is 3.77. The van der Waals surface area contributed by atoms with E-state index < -0.39 is 0 Å². The molecule has 0 aliphatic rings. The minimum atomic E-state index is -0.00989. The maximum absolute atomic E-state index is 9.38. The SMILES string of the molecule is CCOc1ccc(-c2cc3ccc(-c4ccc(OC)nc4)nc3[nH]2)cc1.Oc1ccc(-c2cc3ccc(-c4ccc(O)nc4)nc3[nH]2)cc1. The number of phenols is 1. The number of pyridine rings is 4. The molecule has 0 fully saturated rings. The Bertz CT molecular complexity index is 2290. The lowest BCUT2D eigenvalue weighted by Crippen LogP contribution is -1.90. The van der Waals surface area contributed by atoms with E-state index in [1.165, 1.54) is 6.07 Å². The maximum atomic E-state index is 9.38. The molecule has 6 aromatic heterocycles. The molecule has 0 unspecified atom stereocenters. The molecule has 10 nitrogen and oxygen atoms in total. The molecule has 4 N–H and O–H groups in total. The van der Waals surface area contributed by atoms with Crippen LogP contribution in [0, 0.1) is 0 Å². The highest BCUT2D eigenvalue weighted by Gasteiger charge is 2.09. The van der Waals surface area contributed by atoms with Crippen molar-refractivity contribution in [1.29, 1.82) is 0 Å². The minimum absolute atomic E-state index is 0.00989. The summed E-state index contributed by atoms with van der Waals surface area (Å²) in [5, 5.41) is 20.7. The number of aromatic nitrogens is 6. The van der Waals surface area contributed by atoms with Crippen molar-refractivity contribution in [2.75, 3.05) is 13.7 Å². The van der Waals surface area contributed by atoms with Crippen LogP contribution in [0.25, 0.3) is 67.1 Å². The fraction of sp³-hybridized carbons (Fsp3) is 0.0769. The number of aromatic hydroxyl groups is 2. The van der Waals surface area contributed by atoms with Gasteiger partial charge in [0.25, 0.3) is 0 Å². The molecule has 0 atom stereocenters. The molecule has 0 aliphatic heterocycles. The second-order valence-electron chi connectivity index (χ2n) is 11.1. The lowest BCUT2D eigenvalue weighted by atomic mass is 10.1. The Kier molecular flexibility index (Phi) is 8.58. The van der Waals surface area contributed by atoms with Gasteiger partial charge in [-0.05, 0) is 115 Å². The van der Waals surface area contributed by atoms with Crippen molar-refractivity contribution in [3.8, 4) is 68.3 Å². The second-order valence-corrected chi connectivity index (χ2v) is 11.1. The highest BCUT2D eigenvalue weighted by atomic mass is 16.5. The summed E-state index contributed by atoms with van der Waals surface area (Å²) in [6, 6.07) is 34.3. The van der Waals surface area contributed by atoms with E-state index >= 15 is 0 Å². The van der Waals surface area contributed by atoms with Crippen molar-refractivity contribution in [3.05, 3.63) is 122 Å². The van der Waals surface area contributed by atoms with E-state index in [2.05, 4.69) is 37.1 Å². The number of phenolic OH excluding ortho intramolecular Hbond substituents is 1. The molecule has 0 saturated heterocycles. The summed E-state index contributed by atoms with van der Waals surface area (Å²) in [4.78, 5) is 24.2. The van der Waals surface area contributed by atoms with Gasteiger partial charge in [-0.15, -0.1) is 0 Å². The molecule has 8 aromatic rings. The fourth-order valence-electron chi connectivity index (χ4n) is 5.37. The molecule has 0 amide bonds. The van der Waals surface area contributed by atoms with Gasteiger partial charge in [0.1, 0.15) is 22.8 Å². The number of hydrogen-bond donors (Lipinski definition) is 4. The summed E-state index contributed by atoms with van der Waals surface area (Å²) in [6.45, 7) is 2.64. The lowest BCUT2D eigenvalue weighted by molar-refractivity contribution is 0.340. The average molecular weight is 649 g/mol. The molecule has 6 heterocycles. The Morgan fingerprint density at radius 2 is 1.12 bits per heavy atom. The summed E-state index contributed by atoms with van der Waals surface area (Å²) in [5.41, 5.74) is 9.11. The highest BCUT2D eigenvalue weighted by Crippen LogP contribution is 2.29. The van der Waals surface area contributed by atoms with Gasteiger partial charge < -0.3 is 29.7 Å². The van der Waals surface area contributed by atoms with Crippen molar-refractivity contribution in [1.82, 2.24) is 29.9 Å². The van der Waals surface area contributed by atoms with E-state index in [-0.39, 0.29) is 11.6 Å². The van der Waals surface area contributed by atoms with Gasteiger partial charge in [-0.1, -0.05) is 0 Å². The number of methoxy groups -OCH3 is 1. The van der Waals surface area contributed by atoms with Crippen molar-refractivity contribution < 1.29 is 19.7 Å². The van der Waals surface area contributed by atoms with E-state index in [4.69, 9.17) is 14.5 Å². The van der Waals surface area contributed by atoms with E-state index in [0.717, 1.165) is 72.8 Å². The standard InChI is InChI=1S/C21H19N3O2.C18H13N3O2/c1-3-26-17-8-4-14(5-9-17)19-12-15-6-10-18(23-21(15)24-19)16-7-11-20(25-2)22-13-16;22-14-5-1-11(2-6-14)16-9-12-3-7-15(20-18(12)21-16)13-4-8-17(23)19-10-13/h4-13H,3H2,1-2H3,(H,23,24);1-10,22H,(H,19,23)(H,20,21). The Balaban J connectivity index is 0.000000155. The van der Waals surface area contributed by atoms with Crippen LogP contribution in [0.1, 0.15) is 6.92 Å². The third kappa shape index (κ3) is 6.89. The van der Waals surface area contributed by atoms with Gasteiger partial charge in [0.05, 0.1) is 25.1 Å². The molecule has 0 aliphatic carbocycles. The lowest BCUT2D eigenvalue weighted by Gasteiger charge is -2.03. The minimum Gasteiger partial charge on any atom is -0.508 e. The van der Waals surface area contributed by atoms with Crippen LogP contribution in [0.15, 0.2) is 122 Å². The van der Waals surface area contributed by atoms with Gasteiger partial charge in [-0.25, -0.2) is 19.9 Å². The van der Waals surface area contributed by atoms with E-state index in [1.807, 2.05) is 79.7 Å². The molecule has 8 rings (SSSR count). The first-order chi connectivity index (χ1) is 23.9. The fourth-order valence-corrected chi connectivity index (χ4v) is 5.37. The summed E-state index contributed by atoms with van der Waals surface area (Å²) in [7, 11) is 1.60. The van der Waals surface area contributed by atoms with Crippen LogP contribution >= 0.6 is 0 Å². The van der Waals surface area contributed by atoms with E-state index in [0.29, 0.717) is 12.5 Å². The molecule has 0 spiro atoms. The number of ether oxygens (including phenoxy) is 2. The molecular formula is C39H32N6O4. The summed E-state index contributed by atoms with van der Waals surface area (Å²) < 4.78 is 10.6. The largest absolute Gasteiger partial charge is 0.508 e. The summed E-state index contributed by atoms with van der Waals surface area (Å²) in [5.74, 6) is 1.70. The van der Waals surface area contributed by atoms with Gasteiger partial charge in [-0.3, -0.25) is 0 Å². The number of nitrogens with one attached hydrogen (secondary N) is 2. The smallest absolute Gasteiger partial charge is 0.212 e. The summed E-state index contributed by atoms with van der Waals surface area (Å²) >= 11 is 0.